The minimum atomic E-state index is -4.32. The van der Waals surface area contributed by atoms with Crippen molar-refractivity contribution in [2.24, 2.45) is 0 Å². The molecule has 0 radical (unpaired) electrons. The van der Waals surface area contributed by atoms with Crippen molar-refractivity contribution in [3.8, 4) is 5.75 Å². The van der Waals surface area contributed by atoms with E-state index in [0.717, 1.165) is 18.6 Å². The largest absolute Gasteiger partial charge is 0.379 e. The van der Waals surface area contributed by atoms with Crippen molar-refractivity contribution in [1.82, 2.24) is 0 Å². The lowest BCUT2D eigenvalue weighted by molar-refractivity contribution is -0.117. The number of hydrogen-bond donors (Lipinski definition) is 0. The van der Waals surface area contributed by atoms with E-state index in [-0.39, 0.29) is 16.7 Å². The number of nitrogens with zero attached hydrogens (tertiary/aromatic N) is 1. The Kier molecular flexibility index (Phi) is 4.47. The van der Waals surface area contributed by atoms with Crippen molar-refractivity contribution in [2.45, 2.75) is 17.7 Å². The summed E-state index contributed by atoms with van der Waals surface area (Å²) in [6.07, 6.45) is 1.30. The Morgan fingerprint density at radius 2 is 1.83 bits per heavy atom. The summed E-state index contributed by atoms with van der Waals surface area (Å²) in [6.45, 7) is 0.632. The molecule has 1 fully saturated rings. The van der Waals surface area contributed by atoms with Gasteiger partial charge >= 0.3 is 10.1 Å². The average Bonchev–Trinajstić information content (AvgIpc) is 2.93. The smallest absolute Gasteiger partial charge is 0.342 e. The second kappa shape index (κ2) is 6.41. The van der Waals surface area contributed by atoms with E-state index in [1.807, 2.05) is 0 Å². The van der Waals surface area contributed by atoms with E-state index in [2.05, 4.69) is 0 Å². The van der Waals surface area contributed by atoms with E-state index in [0.29, 0.717) is 18.7 Å². The van der Waals surface area contributed by atoms with Crippen LogP contribution in [0.25, 0.3) is 0 Å². The minimum Gasteiger partial charge on any atom is -0.379 e. The van der Waals surface area contributed by atoms with Gasteiger partial charge in [-0.25, -0.2) is 4.39 Å². The van der Waals surface area contributed by atoms with Gasteiger partial charge in [-0.15, -0.1) is 0 Å². The average molecular weight is 370 g/mol. The van der Waals surface area contributed by atoms with Gasteiger partial charge in [-0.1, -0.05) is 11.6 Å². The van der Waals surface area contributed by atoms with Gasteiger partial charge in [-0.2, -0.15) is 8.42 Å². The number of hydrogen-bond acceptors (Lipinski definition) is 4. The Morgan fingerprint density at radius 1 is 1.12 bits per heavy atom. The third kappa shape index (κ3) is 3.37. The maximum atomic E-state index is 13.8. The molecule has 0 spiro atoms. The maximum absolute atomic E-state index is 13.8. The highest BCUT2D eigenvalue weighted by Crippen LogP contribution is 2.27. The number of amides is 1. The molecule has 1 saturated heterocycles. The molecule has 1 amide bonds. The Hall–Kier alpha value is -2.12. The van der Waals surface area contributed by atoms with Gasteiger partial charge in [0.1, 0.15) is 16.5 Å². The zero-order chi connectivity index (χ0) is 17.3. The van der Waals surface area contributed by atoms with E-state index in [1.54, 1.807) is 17.0 Å². The summed E-state index contributed by atoms with van der Waals surface area (Å²) in [5.74, 6) is -0.930. The zero-order valence-electron chi connectivity index (χ0n) is 12.4. The standard InChI is InChI=1S/C16H13ClFNO4S/c17-11-3-8-15(14(18)10-11)24(21,22)23-13-6-4-12(5-7-13)19-9-1-2-16(19)20/h3-8,10H,1-2,9H2. The number of benzene rings is 2. The SMILES string of the molecule is O=C1CCCN1c1ccc(OS(=O)(=O)c2ccc(Cl)cc2F)cc1. The second-order valence-electron chi connectivity index (χ2n) is 5.26. The summed E-state index contributed by atoms with van der Waals surface area (Å²) in [5.41, 5.74) is 0.667. The Bertz CT molecular complexity index is 883. The Morgan fingerprint density at radius 3 is 2.42 bits per heavy atom. The van der Waals surface area contributed by atoms with Gasteiger partial charge in [0.15, 0.2) is 0 Å². The Balaban J connectivity index is 1.81. The van der Waals surface area contributed by atoms with Crippen molar-refractivity contribution in [3.05, 3.63) is 53.3 Å². The highest BCUT2D eigenvalue weighted by Gasteiger charge is 2.23. The van der Waals surface area contributed by atoms with Crippen molar-refractivity contribution < 1.29 is 21.8 Å². The van der Waals surface area contributed by atoms with Gasteiger partial charge < -0.3 is 9.08 Å². The lowest BCUT2D eigenvalue weighted by Gasteiger charge is -2.16. The normalized spacial score (nSPS) is 14.9. The van der Waals surface area contributed by atoms with Crippen LogP contribution in [-0.4, -0.2) is 20.9 Å². The second-order valence-corrected chi connectivity index (χ2v) is 7.21. The minimum absolute atomic E-state index is 0.0273. The van der Waals surface area contributed by atoms with Crippen LogP contribution in [0.3, 0.4) is 0 Å². The van der Waals surface area contributed by atoms with Gasteiger partial charge in [0.2, 0.25) is 5.91 Å². The number of carbonyl (C=O) groups excluding carboxylic acids is 1. The molecule has 0 N–H and O–H groups in total. The summed E-state index contributed by atoms with van der Waals surface area (Å²) in [5, 5.41) is 0.0890. The van der Waals surface area contributed by atoms with Crippen molar-refractivity contribution >= 4 is 33.3 Å². The number of carbonyl (C=O) groups is 1. The molecule has 5 nitrogen and oxygen atoms in total. The molecule has 1 aliphatic rings. The van der Waals surface area contributed by atoms with Crippen LogP contribution in [0.4, 0.5) is 10.1 Å². The quantitative estimate of drug-likeness (QED) is 0.775. The van der Waals surface area contributed by atoms with Crippen LogP contribution in [0.2, 0.25) is 5.02 Å². The fraction of sp³-hybridized carbons (Fsp3) is 0.188. The molecule has 0 unspecified atom stereocenters. The molecule has 24 heavy (non-hydrogen) atoms. The highest BCUT2D eigenvalue weighted by molar-refractivity contribution is 7.87. The van der Waals surface area contributed by atoms with Gasteiger partial charge in [-0.3, -0.25) is 4.79 Å². The fourth-order valence-electron chi connectivity index (χ4n) is 2.45. The first-order valence-electron chi connectivity index (χ1n) is 7.17. The van der Waals surface area contributed by atoms with E-state index in [9.17, 15) is 17.6 Å². The number of halogens is 2. The molecular weight excluding hydrogens is 357 g/mol. The molecule has 1 aliphatic heterocycles. The van der Waals surface area contributed by atoms with Crippen molar-refractivity contribution in [3.63, 3.8) is 0 Å². The fourth-order valence-corrected chi connectivity index (χ4v) is 3.60. The van der Waals surface area contributed by atoms with Crippen LogP contribution in [0, 0.1) is 5.82 Å². The van der Waals surface area contributed by atoms with E-state index in [1.165, 1.54) is 18.2 Å². The molecule has 8 heteroatoms. The van der Waals surface area contributed by atoms with Crippen LogP contribution in [0.15, 0.2) is 47.4 Å². The van der Waals surface area contributed by atoms with Gasteiger partial charge in [-0.05, 0) is 48.9 Å². The van der Waals surface area contributed by atoms with Gasteiger partial charge in [0.05, 0.1) is 0 Å². The third-order valence-electron chi connectivity index (χ3n) is 3.59. The first kappa shape index (κ1) is 16.7. The van der Waals surface area contributed by atoms with Crippen LogP contribution in [-0.2, 0) is 14.9 Å². The number of anilines is 1. The predicted molar refractivity (Wildman–Crippen MR) is 87.3 cm³/mol. The molecule has 126 valence electrons. The monoisotopic (exact) mass is 369 g/mol. The first-order chi connectivity index (χ1) is 11.4. The summed E-state index contributed by atoms with van der Waals surface area (Å²) in [7, 11) is -4.32. The summed E-state index contributed by atoms with van der Waals surface area (Å²) in [6, 6.07) is 9.24. The lowest BCUT2D eigenvalue weighted by Crippen LogP contribution is -2.23. The van der Waals surface area contributed by atoms with E-state index >= 15 is 0 Å². The summed E-state index contributed by atoms with van der Waals surface area (Å²) in [4.78, 5) is 12.7. The highest BCUT2D eigenvalue weighted by atomic mass is 35.5. The maximum Gasteiger partial charge on any atom is 0.342 e. The summed E-state index contributed by atoms with van der Waals surface area (Å²) < 4.78 is 43.0. The molecule has 0 saturated carbocycles. The number of rotatable bonds is 4. The van der Waals surface area contributed by atoms with E-state index in [4.69, 9.17) is 15.8 Å². The summed E-state index contributed by atoms with van der Waals surface area (Å²) >= 11 is 5.61. The molecule has 0 aromatic heterocycles. The molecule has 2 aromatic rings. The van der Waals surface area contributed by atoms with Crippen LogP contribution < -0.4 is 9.08 Å². The van der Waals surface area contributed by atoms with Gasteiger partial charge in [0, 0.05) is 23.7 Å². The zero-order valence-corrected chi connectivity index (χ0v) is 14.0. The van der Waals surface area contributed by atoms with Gasteiger partial charge in [0.25, 0.3) is 0 Å². The van der Waals surface area contributed by atoms with Crippen LogP contribution in [0.5, 0.6) is 5.75 Å². The van der Waals surface area contributed by atoms with Crippen LogP contribution >= 0.6 is 11.6 Å². The molecule has 0 bridgehead atoms. The van der Waals surface area contributed by atoms with Crippen molar-refractivity contribution in [2.75, 3.05) is 11.4 Å². The molecule has 1 heterocycles. The topological polar surface area (TPSA) is 63.7 Å². The Labute approximate surface area is 143 Å². The van der Waals surface area contributed by atoms with Crippen molar-refractivity contribution in [1.29, 1.82) is 0 Å². The van der Waals surface area contributed by atoms with E-state index < -0.39 is 20.8 Å². The first-order valence-corrected chi connectivity index (χ1v) is 8.95. The molecular formula is C16H13ClFNO4S. The molecule has 2 aromatic carbocycles. The molecule has 3 rings (SSSR count). The molecule has 0 aliphatic carbocycles. The lowest BCUT2D eigenvalue weighted by atomic mass is 10.3. The third-order valence-corrected chi connectivity index (χ3v) is 5.11. The molecule has 0 atom stereocenters. The van der Waals surface area contributed by atoms with Crippen LogP contribution in [0.1, 0.15) is 12.8 Å². The predicted octanol–water partition coefficient (Wildman–Crippen LogP) is 3.37.